The third kappa shape index (κ3) is 4.00. The van der Waals surface area contributed by atoms with E-state index in [0.29, 0.717) is 5.69 Å². The van der Waals surface area contributed by atoms with Gasteiger partial charge in [0, 0.05) is 5.69 Å². The van der Waals surface area contributed by atoms with Crippen LogP contribution < -0.4 is 5.32 Å². The number of halogens is 1. The number of carbonyl (C=O) groups excluding carboxylic acids is 2. The summed E-state index contributed by atoms with van der Waals surface area (Å²) in [5.74, 6) is -1.05. The zero-order valence-electron chi connectivity index (χ0n) is 13.2. The van der Waals surface area contributed by atoms with Crippen molar-refractivity contribution >= 4 is 50.8 Å². The first-order chi connectivity index (χ1) is 12.1. The van der Waals surface area contributed by atoms with Gasteiger partial charge in [-0.1, -0.05) is 18.2 Å². The Hall–Kier alpha value is -2.38. The van der Waals surface area contributed by atoms with Crippen LogP contribution in [0.5, 0.6) is 0 Å². The number of carbonyl (C=O) groups is 2. The number of allylic oxidation sites excluding steroid dienone is 1. The monoisotopic (exact) mass is 419 g/mol. The topological polar surface area (TPSA) is 64.6 Å². The average molecular weight is 420 g/mol. The van der Waals surface area contributed by atoms with Crippen LogP contribution in [-0.4, -0.2) is 18.4 Å². The zero-order valence-corrected chi connectivity index (χ0v) is 15.6. The van der Waals surface area contributed by atoms with Gasteiger partial charge in [0.1, 0.15) is 0 Å². The number of ketones is 1. The molecule has 0 atom stereocenters. The third-order valence-electron chi connectivity index (χ3n) is 3.29. The van der Waals surface area contributed by atoms with Crippen molar-refractivity contribution in [3.63, 3.8) is 0 Å². The molecule has 1 aromatic carbocycles. The summed E-state index contributed by atoms with van der Waals surface area (Å²) < 4.78 is 11.6. The van der Waals surface area contributed by atoms with Gasteiger partial charge in [0.15, 0.2) is 11.3 Å². The van der Waals surface area contributed by atoms with Crippen LogP contribution >= 0.6 is 27.3 Å². The van der Waals surface area contributed by atoms with Crippen LogP contribution in [0.2, 0.25) is 0 Å². The van der Waals surface area contributed by atoms with Gasteiger partial charge in [0.05, 0.1) is 10.4 Å². The number of thiophene rings is 1. The van der Waals surface area contributed by atoms with Crippen molar-refractivity contribution in [1.82, 2.24) is 0 Å². The van der Waals surface area contributed by atoms with Crippen molar-refractivity contribution < 1.29 is 19.1 Å². The number of para-hydroxylation sites is 1. The Morgan fingerprint density at radius 2 is 2.12 bits per heavy atom. The summed E-state index contributed by atoms with van der Waals surface area (Å²) in [5.41, 5.74) is 1.38. The lowest BCUT2D eigenvalue weighted by Gasteiger charge is -2.08. The summed E-state index contributed by atoms with van der Waals surface area (Å²) in [4.78, 5) is 24.8. The normalized spacial score (nSPS) is 15.4. The molecule has 0 saturated carbocycles. The van der Waals surface area contributed by atoms with Gasteiger partial charge in [-0.2, -0.15) is 0 Å². The molecule has 0 saturated heterocycles. The van der Waals surface area contributed by atoms with Gasteiger partial charge in [0.2, 0.25) is 11.7 Å². The maximum atomic E-state index is 12.6. The molecule has 0 aliphatic carbocycles. The predicted molar refractivity (Wildman–Crippen MR) is 99.8 cm³/mol. The molecule has 1 N–H and O–H groups in total. The number of esters is 1. The first-order valence-electron chi connectivity index (χ1n) is 7.50. The first kappa shape index (κ1) is 17.4. The predicted octanol–water partition coefficient (Wildman–Crippen LogP) is 4.34. The molecule has 0 amide bonds. The quantitative estimate of drug-likeness (QED) is 0.443. The molecule has 1 aliphatic heterocycles. The van der Waals surface area contributed by atoms with Crippen LogP contribution in [0.15, 0.2) is 62.8 Å². The van der Waals surface area contributed by atoms with Crippen molar-refractivity contribution in [2.75, 3.05) is 11.9 Å². The van der Waals surface area contributed by atoms with E-state index in [0.717, 1.165) is 9.35 Å². The summed E-state index contributed by atoms with van der Waals surface area (Å²) in [6.07, 6.45) is 1.60. The van der Waals surface area contributed by atoms with E-state index >= 15 is 0 Å². The second-order valence-corrected chi connectivity index (χ2v) is 7.33. The molecular weight excluding hydrogens is 406 g/mol. The summed E-state index contributed by atoms with van der Waals surface area (Å²) in [6.45, 7) is 1.85. The van der Waals surface area contributed by atoms with Crippen LogP contribution in [-0.2, 0) is 19.1 Å². The summed E-state index contributed by atoms with van der Waals surface area (Å²) in [5, 5.41) is 4.85. The first-order valence-corrected chi connectivity index (χ1v) is 9.17. The Bertz CT molecular complexity index is 870. The van der Waals surface area contributed by atoms with Gasteiger partial charge < -0.3 is 14.8 Å². The van der Waals surface area contributed by atoms with Crippen LogP contribution in [0.1, 0.15) is 12.5 Å². The second kappa shape index (κ2) is 7.67. The van der Waals surface area contributed by atoms with E-state index in [1.54, 1.807) is 25.1 Å². The molecule has 0 spiro atoms. The molecular formula is C18H14BrNO4S. The Morgan fingerprint density at radius 3 is 2.76 bits per heavy atom. The Kier molecular flexibility index (Phi) is 5.35. The highest BCUT2D eigenvalue weighted by Gasteiger charge is 2.37. The molecule has 1 aliphatic rings. The maximum absolute atomic E-state index is 12.6. The van der Waals surface area contributed by atoms with E-state index < -0.39 is 11.8 Å². The van der Waals surface area contributed by atoms with Crippen LogP contribution in [0.3, 0.4) is 0 Å². The largest absolute Gasteiger partial charge is 0.462 e. The van der Waals surface area contributed by atoms with E-state index in [9.17, 15) is 9.59 Å². The van der Waals surface area contributed by atoms with Gasteiger partial charge >= 0.3 is 5.97 Å². The van der Waals surface area contributed by atoms with Gasteiger partial charge in [-0.05, 0) is 58.1 Å². The highest BCUT2D eigenvalue weighted by Crippen LogP contribution is 2.30. The standard InChI is InChI=1S/C18H14BrNO4S/c1-2-23-18(22)15-16(21)13(8-11-9-14(19)25-10-11)24-17(15)20-12-6-4-3-5-7-12/h3-10,20H,2H2,1H3/b13-8-. The van der Waals surface area contributed by atoms with E-state index in [2.05, 4.69) is 21.2 Å². The number of nitrogens with one attached hydrogen (secondary N) is 1. The van der Waals surface area contributed by atoms with E-state index in [-0.39, 0.29) is 23.8 Å². The highest BCUT2D eigenvalue weighted by molar-refractivity contribution is 9.11. The van der Waals surface area contributed by atoms with Crippen molar-refractivity contribution in [1.29, 1.82) is 0 Å². The lowest BCUT2D eigenvalue weighted by Crippen LogP contribution is -2.16. The third-order valence-corrected chi connectivity index (χ3v) is 4.81. The minimum absolute atomic E-state index is 0.0757. The van der Waals surface area contributed by atoms with E-state index in [4.69, 9.17) is 9.47 Å². The minimum Gasteiger partial charge on any atom is -0.462 e. The smallest absolute Gasteiger partial charge is 0.347 e. The number of Topliss-reactive ketones (excluding diaryl/α,β-unsaturated/α-hetero) is 1. The Morgan fingerprint density at radius 1 is 1.36 bits per heavy atom. The molecule has 1 aromatic heterocycles. The van der Waals surface area contributed by atoms with Crippen molar-refractivity contribution in [3.8, 4) is 0 Å². The fraction of sp³-hybridized carbons (Fsp3) is 0.111. The van der Waals surface area contributed by atoms with E-state index in [1.165, 1.54) is 11.3 Å². The SMILES string of the molecule is CCOC(=O)C1=C(Nc2ccccc2)O/C(=C\c2csc(Br)c2)C1=O. The molecule has 0 radical (unpaired) electrons. The van der Waals surface area contributed by atoms with Gasteiger partial charge in [-0.3, -0.25) is 4.79 Å². The molecule has 2 aromatic rings. The lowest BCUT2D eigenvalue weighted by molar-refractivity contribution is -0.139. The molecule has 128 valence electrons. The molecule has 5 nitrogen and oxygen atoms in total. The van der Waals surface area contributed by atoms with Crippen molar-refractivity contribution in [2.45, 2.75) is 6.92 Å². The number of hydrogen-bond acceptors (Lipinski definition) is 6. The van der Waals surface area contributed by atoms with Gasteiger partial charge in [-0.15, -0.1) is 11.3 Å². The lowest BCUT2D eigenvalue weighted by atomic mass is 10.1. The second-order valence-electron chi connectivity index (χ2n) is 5.04. The molecule has 25 heavy (non-hydrogen) atoms. The number of rotatable bonds is 5. The minimum atomic E-state index is -0.708. The Labute approximate surface area is 157 Å². The van der Waals surface area contributed by atoms with Crippen LogP contribution in [0.4, 0.5) is 5.69 Å². The van der Waals surface area contributed by atoms with E-state index in [1.807, 2.05) is 29.6 Å². The number of ether oxygens (including phenoxy) is 2. The number of hydrogen-bond donors (Lipinski definition) is 1. The zero-order chi connectivity index (χ0) is 17.8. The van der Waals surface area contributed by atoms with Gasteiger partial charge in [0.25, 0.3) is 0 Å². The maximum Gasteiger partial charge on any atom is 0.347 e. The van der Waals surface area contributed by atoms with Gasteiger partial charge in [-0.25, -0.2) is 4.79 Å². The highest BCUT2D eigenvalue weighted by atomic mass is 79.9. The molecule has 0 unspecified atom stereocenters. The fourth-order valence-corrected chi connectivity index (χ4v) is 3.34. The molecule has 0 bridgehead atoms. The molecule has 3 rings (SSSR count). The Balaban J connectivity index is 1.93. The summed E-state index contributed by atoms with van der Waals surface area (Å²) in [6, 6.07) is 11.0. The summed E-state index contributed by atoms with van der Waals surface area (Å²) in [7, 11) is 0. The molecule has 2 heterocycles. The van der Waals surface area contributed by atoms with Crippen LogP contribution in [0, 0.1) is 0 Å². The fourth-order valence-electron chi connectivity index (χ4n) is 2.21. The number of anilines is 1. The number of benzene rings is 1. The molecule has 7 heteroatoms. The van der Waals surface area contributed by atoms with Crippen molar-refractivity contribution in [2.24, 2.45) is 0 Å². The van der Waals surface area contributed by atoms with Crippen LogP contribution in [0.25, 0.3) is 6.08 Å². The molecule has 0 fully saturated rings. The summed E-state index contributed by atoms with van der Waals surface area (Å²) >= 11 is 4.87. The van der Waals surface area contributed by atoms with Crippen molar-refractivity contribution in [3.05, 3.63) is 68.3 Å². The average Bonchev–Trinajstić information content (AvgIpc) is 3.13.